The number of thiol groups is 2. The highest BCUT2D eigenvalue weighted by atomic mass is 32.2. The summed E-state index contributed by atoms with van der Waals surface area (Å²) >= 11 is 12.4. The molecule has 0 heterocycles. The monoisotopic (exact) mass is 242 g/mol. The zero-order valence-electron chi connectivity index (χ0n) is 7.53. The molecule has 0 N–H and O–H groups in total. The third kappa shape index (κ3) is 11.4. The van der Waals surface area contributed by atoms with Crippen molar-refractivity contribution in [3.8, 4) is 0 Å². The normalized spacial score (nSPS) is 11.0. The van der Waals surface area contributed by atoms with Crippen LogP contribution in [0.3, 0.4) is 0 Å². The Balaban J connectivity index is 2.82. The average molecular weight is 243 g/mol. The molecule has 0 saturated heterocycles. The van der Waals surface area contributed by atoms with Crippen LogP contribution in [0, 0.1) is 0 Å². The topological polar surface area (TPSA) is 0 Å². The van der Waals surface area contributed by atoms with E-state index in [2.05, 4.69) is 32.2 Å². The molecule has 0 aliphatic rings. The van der Waals surface area contributed by atoms with Gasteiger partial charge in [0.15, 0.2) is 0 Å². The molecular weight excluding hydrogens is 224 g/mol. The van der Waals surface area contributed by atoms with Gasteiger partial charge >= 0.3 is 0 Å². The highest BCUT2D eigenvalue weighted by Crippen LogP contribution is 2.13. The van der Waals surface area contributed by atoms with Gasteiger partial charge in [0, 0.05) is 5.75 Å². The third-order valence-corrected chi connectivity index (χ3v) is 4.29. The molecule has 0 amide bonds. The Morgan fingerprint density at radius 1 is 1.08 bits per heavy atom. The van der Waals surface area contributed by atoms with Crippen molar-refractivity contribution in [2.75, 3.05) is 23.0 Å². The van der Waals surface area contributed by atoms with Crippen molar-refractivity contribution < 1.29 is 0 Å². The molecule has 0 aromatic heterocycles. The average Bonchev–Trinajstić information content (AvgIpc) is 2.02. The van der Waals surface area contributed by atoms with Crippen LogP contribution in [0.15, 0.2) is 0 Å². The van der Waals surface area contributed by atoms with Crippen LogP contribution in [0.25, 0.3) is 0 Å². The fraction of sp³-hybridized carbons (Fsp3) is 1.00. The van der Waals surface area contributed by atoms with E-state index in [4.69, 9.17) is 0 Å². The smallest absolute Gasteiger partial charge is 0.0532 e. The molecule has 4 heteroatoms. The van der Waals surface area contributed by atoms with Gasteiger partial charge < -0.3 is 0 Å². The molecule has 0 spiro atoms. The maximum absolute atomic E-state index is 4.20. The summed E-state index contributed by atoms with van der Waals surface area (Å²) in [5.74, 6) is 4.90. The Hall–Kier alpha value is 1.40. The predicted octanol–water partition coefficient (Wildman–Crippen LogP) is 3.44. The Morgan fingerprint density at radius 3 is 2.17 bits per heavy atom. The number of hydrogen-bond donors (Lipinski definition) is 2. The van der Waals surface area contributed by atoms with Gasteiger partial charge in [-0.05, 0) is 30.1 Å². The summed E-state index contributed by atoms with van der Waals surface area (Å²) in [4.78, 5) is 0. The van der Waals surface area contributed by atoms with E-state index in [1.807, 2.05) is 23.5 Å². The van der Waals surface area contributed by atoms with Crippen LogP contribution in [0.4, 0.5) is 0 Å². The molecule has 12 heavy (non-hydrogen) atoms. The van der Waals surface area contributed by atoms with Crippen molar-refractivity contribution in [3.05, 3.63) is 0 Å². The van der Waals surface area contributed by atoms with Gasteiger partial charge in [-0.1, -0.05) is 6.92 Å². The maximum atomic E-state index is 4.20. The number of unbranched alkanes of at least 4 members (excludes halogenated alkanes) is 1. The minimum Gasteiger partial charge on any atom is -0.164 e. The number of thioether (sulfide) groups is 2. The van der Waals surface area contributed by atoms with E-state index < -0.39 is 0 Å². The summed E-state index contributed by atoms with van der Waals surface area (Å²) in [6.07, 6.45) is 2.70. The molecule has 0 unspecified atom stereocenters. The molecule has 0 aliphatic carbocycles. The van der Waals surface area contributed by atoms with Crippen LogP contribution >= 0.6 is 48.8 Å². The summed E-state index contributed by atoms with van der Waals surface area (Å²) in [6, 6.07) is 0. The number of rotatable bonds is 8. The zero-order chi connectivity index (χ0) is 9.23. The van der Waals surface area contributed by atoms with Gasteiger partial charge in [0.05, 0.1) is 4.58 Å². The first-order chi connectivity index (χ1) is 5.77. The summed E-state index contributed by atoms with van der Waals surface area (Å²) in [7, 11) is 0. The predicted molar refractivity (Wildman–Crippen MR) is 71.3 cm³/mol. The fourth-order valence-corrected chi connectivity index (χ4v) is 2.86. The first kappa shape index (κ1) is 13.4. The van der Waals surface area contributed by atoms with Crippen LogP contribution in [0.5, 0.6) is 0 Å². The lowest BCUT2D eigenvalue weighted by molar-refractivity contribution is 0.907. The van der Waals surface area contributed by atoms with Crippen LogP contribution in [0.2, 0.25) is 0 Å². The van der Waals surface area contributed by atoms with Crippen molar-refractivity contribution in [1.29, 1.82) is 0 Å². The second-order valence-corrected chi connectivity index (χ2v) is 6.66. The molecule has 0 aromatic carbocycles. The highest BCUT2D eigenvalue weighted by Gasteiger charge is 1.95. The molecule has 0 aromatic rings. The molecule has 0 aliphatic heterocycles. The molecule has 0 nitrogen and oxygen atoms in total. The van der Waals surface area contributed by atoms with Crippen LogP contribution in [0.1, 0.15) is 19.8 Å². The first-order valence-electron chi connectivity index (χ1n) is 4.29. The second kappa shape index (κ2) is 10.5. The van der Waals surface area contributed by atoms with E-state index in [0.29, 0.717) is 0 Å². The van der Waals surface area contributed by atoms with Gasteiger partial charge in [-0.2, -0.15) is 48.8 Å². The standard InChI is InChI=1S/C8H18S4/c1-2-11-5-3-4-6-12-7-8(9)10/h8-10H,2-7H2,1H3. The zero-order valence-corrected chi connectivity index (χ0v) is 11.0. The van der Waals surface area contributed by atoms with Gasteiger partial charge in [-0.15, -0.1) is 0 Å². The van der Waals surface area contributed by atoms with Gasteiger partial charge in [-0.3, -0.25) is 0 Å². The Kier molecular flexibility index (Phi) is 11.7. The largest absolute Gasteiger partial charge is 0.164 e. The molecule has 0 rings (SSSR count). The molecule has 0 bridgehead atoms. The Morgan fingerprint density at radius 2 is 1.67 bits per heavy atom. The Labute approximate surface area is 95.9 Å². The molecule has 0 atom stereocenters. The second-order valence-electron chi connectivity index (χ2n) is 2.46. The third-order valence-electron chi connectivity index (χ3n) is 1.30. The van der Waals surface area contributed by atoms with Gasteiger partial charge in [0.25, 0.3) is 0 Å². The van der Waals surface area contributed by atoms with Crippen molar-refractivity contribution in [2.24, 2.45) is 0 Å². The minimum atomic E-state index is 0.250. The lowest BCUT2D eigenvalue weighted by Gasteiger charge is -2.02. The van der Waals surface area contributed by atoms with Crippen LogP contribution in [-0.4, -0.2) is 27.6 Å². The molecule has 0 fully saturated rings. The first-order valence-corrected chi connectivity index (χ1v) is 7.63. The molecule has 0 radical (unpaired) electrons. The molecule has 74 valence electrons. The summed E-state index contributed by atoms with van der Waals surface area (Å²) in [6.45, 7) is 2.21. The quantitative estimate of drug-likeness (QED) is 0.380. The van der Waals surface area contributed by atoms with E-state index in [0.717, 1.165) is 5.75 Å². The Bertz CT molecular complexity index is 85.1. The van der Waals surface area contributed by atoms with Crippen LogP contribution < -0.4 is 0 Å². The van der Waals surface area contributed by atoms with Crippen LogP contribution in [-0.2, 0) is 0 Å². The van der Waals surface area contributed by atoms with Gasteiger partial charge in [0.2, 0.25) is 0 Å². The molecular formula is C8H18S4. The summed E-state index contributed by atoms with van der Waals surface area (Å²) in [5.41, 5.74) is 0. The summed E-state index contributed by atoms with van der Waals surface area (Å²) < 4.78 is 0.250. The van der Waals surface area contributed by atoms with E-state index in [-0.39, 0.29) is 4.58 Å². The van der Waals surface area contributed by atoms with Crippen molar-refractivity contribution >= 4 is 48.8 Å². The van der Waals surface area contributed by atoms with E-state index in [9.17, 15) is 0 Å². The van der Waals surface area contributed by atoms with Crippen molar-refractivity contribution in [1.82, 2.24) is 0 Å². The minimum absolute atomic E-state index is 0.250. The van der Waals surface area contributed by atoms with E-state index in [1.165, 1.54) is 30.1 Å². The SMILES string of the molecule is CCSCCCCSCC(S)S. The lowest BCUT2D eigenvalue weighted by Crippen LogP contribution is -1.93. The fourth-order valence-electron chi connectivity index (χ4n) is 0.741. The molecule has 0 saturated carbocycles. The van der Waals surface area contributed by atoms with Crippen molar-refractivity contribution in [3.63, 3.8) is 0 Å². The van der Waals surface area contributed by atoms with E-state index >= 15 is 0 Å². The summed E-state index contributed by atoms with van der Waals surface area (Å²) in [5, 5.41) is 0. The van der Waals surface area contributed by atoms with Gasteiger partial charge in [-0.25, -0.2) is 0 Å². The van der Waals surface area contributed by atoms with E-state index in [1.54, 1.807) is 0 Å². The maximum Gasteiger partial charge on any atom is 0.0532 e. The number of hydrogen-bond acceptors (Lipinski definition) is 4. The highest BCUT2D eigenvalue weighted by molar-refractivity contribution is 8.04. The van der Waals surface area contributed by atoms with Crippen molar-refractivity contribution in [2.45, 2.75) is 24.3 Å². The lowest BCUT2D eigenvalue weighted by atomic mass is 10.4. The van der Waals surface area contributed by atoms with Gasteiger partial charge in [0.1, 0.15) is 0 Å².